The highest BCUT2D eigenvalue weighted by Crippen LogP contribution is 2.24. The summed E-state index contributed by atoms with van der Waals surface area (Å²) in [5.74, 6) is 0.774. The molecule has 0 aliphatic rings. The molecule has 0 saturated heterocycles. The van der Waals surface area contributed by atoms with Crippen LogP contribution >= 0.6 is 11.3 Å². The third-order valence-corrected chi connectivity index (χ3v) is 3.65. The van der Waals surface area contributed by atoms with Gasteiger partial charge in [-0.2, -0.15) is 0 Å². The number of aromatic nitrogens is 3. The van der Waals surface area contributed by atoms with Crippen LogP contribution in [0.5, 0.6) is 0 Å². The highest BCUT2D eigenvalue weighted by molar-refractivity contribution is 7.16. The second-order valence-corrected chi connectivity index (χ2v) is 4.57. The summed E-state index contributed by atoms with van der Waals surface area (Å²) in [6.45, 7) is 0. The molecule has 4 heteroatoms. The van der Waals surface area contributed by atoms with Gasteiger partial charge in [-0.05, 0) is 23.6 Å². The van der Waals surface area contributed by atoms with E-state index in [1.807, 2.05) is 24.4 Å². The fourth-order valence-electron chi connectivity index (χ4n) is 2.02. The van der Waals surface area contributed by atoms with Gasteiger partial charge in [-0.1, -0.05) is 12.1 Å². The first-order chi connectivity index (χ1) is 7.93. The van der Waals surface area contributed by atoms with Gasteiger partial charge in [0.15, 0.2) is 0 Å². The highest BCUT2D eigenvalue weighted by Gasteiger charge is 2.08. The lowest BCUT2D eigenvalue weighted by Crippen LogP contribution is -1.87. The SMILES string of the molecule is c1ccc2c(c1)nc1ncc3ccsc3n12. The molecule has 4 rings (SSSR count). The molecule has 16 heavy (non-hydrogen) atoms. The van der Waals surface area contributed by atoms with Crippen molar-refractivity contribution in [3.63, 3.8) is 0 Å². The Morgan fingerprint density at radius 2 is 2.06 bits per heavy atom. The normalized spacial score (nSPS) is 11.8. The quantitative estimate of drug-likeness (QED) is 0.460. The molecule has 0 fully saturated rings. The summed E-state index contributed by atoms with van der Waals surface area (Å²) >= 11 is 1.72. The van der Waals surface area contributed by atoms with Gasteiger partial charge in [0.25, 0.3) is 0 Å². The Morgan fingerprint density at radius 3 is 3.06 bits per heavy atom. The smallest absolute Gasteiger partial charge is 0.235 e. The van der Waals surface area contributed by atoms with Crippen molar-refractivity contribution >= 4 is 38.4 Å². The van der Waals surface area contributed by atoms with Crippen LogP contribution in [0.4, 0.5) is 0 Å². The van der Waals surface area contributed by atoms with Gasteiger partial charge in [0.1, 0.15) is 4.83 Å². The number of thiophene rings is 1. The van der Waals surface area contributed by atoms with E-state index in [0.717, 1.165) is 16.8 Å². The largest absolute Gasteiger partial charge is 0.267 e. The van der Waals surface area contributed by atoms with Gasteiger partial charge in [-0.15, -0.1) is 11.3 Å². The number of imidazole rings is 1. The van der Waals surface area contributed by atoms with E-state index in [4.69, 9.17) is 0 Å². The lowest BCUT2D eigenvalue weighted by atomic mass is 10.3. The second kappa shape index (κ2) is 2.80. The minimum Gasteiger partial charge on any atom is -0.267 e. The molecule has 1 aromatic carbocycles. The Kier molecular flexibility index (Phi) is 1.44. The predicted octanol–water partition coefficient (Wildman–Crippen LogP) is 3.10. The summed E-state index contributed by atoms with van der Waals surface area (Å²) in [4.78, 5) is 10.1. The molecule has 3 heterocycles. The van der Waals surface area contributed by atoms with E-state index in [0.29, 0.717) is 0 Å². The lowest BCUT2D eigenvalue weighted by Gasteiger charge is -1.96. The van der Waals surface area contributed by atoms with Crippen molar-refractivity contribution in [3.05, 3.63) is 41.9 Å². The van der Waals surface area contributed by atoms with Crippen molar-refractivity contribution in [1.29, 1.82) is 0 Å². The maximum Gasteiger partial charge on any atom is 0.235 e. The van der Waals surface area contributed by atoms with Gasteiger partial charge < -0.3 is 0 Å². The Hall–Kier alpha value is -1.94. The topological polar surface area (TPSA) is 30.2 Å². The third kappa shape index (κ3) is 0.919. The zero-order valence-corrected chi connectivity index (χ0v) is 9.11. The molecule has 0 N–H and O–H groups in total. The summed E-state index contributed by atoms with van der Waals surface area (Å²) in [6, 6.07) is 10.2. The molecule has 0 amide bonds. The molecule has 0 bridgehead atoms. The fourth-order valence-corrected chi connectivity index (χ4v) is 2.90. The Labute approximate surface area is 95.0 Å². The van der Waals surface area contributed by atoms with Crippen molar-refractivity contribution in [2.45, 2.75) is 0 Å². The Morgan fingerprint density at radius 1 is 1.12 bits per heavy atom. The standard InChI is InChI=1S/C12H7N3S/c1-2-4-10-9(3-1)14-12-13-7-8-5-6-16-11(8)15(10)12/h1-7H. The van der Waals surface area contributed by atoms with E-state index in [1.165, 1.54) is 10.2 Å². The molecule has 0 aliphatic heterocycles. The van der Waals surface area contributed by atoms with Gasteiger partial charge in [0.2, 0.25) is 5.78 Å². The lowest BCUT2D eigenvalue weighted by molar-refractivity contribution is 1.20. The van der Waals surface area contributed by atoms with E-state index in [1.54, 1.807) is 11.3 Å². The number of para-hydroxylation sites is 2. The van der Waals surface area contributed by atoms with Crippen molar-refractivity contribution in [3.8, 4) is 0 Å². The van der Waals surface area contributed by atoms with E-state index < -0.39 is 0 Å². The number of nitrogens with zero attached hydrogens (tertiary/aromatic N) is 3. The second-order valence-electron chi connectivity index (χ2n) is 3.68. The van der Waals surface area contributed by atoms with Crippen molar-refractivity contribution < 1.29 is 0 Å². The molecule has 0 saturated carbocycles. The molecule has 0 unspecified atom stereocenters. The number of hydrogen-bond acceptors (Lipinski definition) is 3. The van der Waals surface area contributed by atoms with Crippen LogP contribution in [0.2, 0.25) is 0 Å². The first-order valence-electron chi connectivity index (χ1n) is 5.03. The van der Waals surface area contributed by atoms with Crippen LogP contribution in [0.15, 0.2) is 41.9 Å². The van der Waals surface area contributed by atoms with E-state index in [2.05, 4.69) is 31.9 Å². The molecule has 3 aromatic heterocycles. The molecule has 0 aliphatic carbocycles. The zero-order valence-electron chi connectivity index (χ0n) is 8.29. The highest BCUT2D eigenvalue weighted by atomic mass is 32.1. The molecular formula is C12H7N3S. The fraction of sp³-hybridized carbons (Fsp3) is 0. The number of fused-ring (bicyclic) bond motifs is 5. The summed E-state index contributed by atoms with van der Waals surface area (Å²) in [6.07, 6.45) is 1.88. The molecule has 0 spiro atoms. The van der Waals surface area contributed by atoms with Crippen LogP contribution in [0, 0.1) is 0 Å². The minimum absolute atomic E-state index is 0.774. The van der Waals surface area contributed by atoms with Crippen LogP contribution in [0.3, 0.4) is 0 Å². The molecule has 4 aromatic rings. The van der Waals surface area contributed by atoms with Crippen molar-refractivity contribution in [2.75, 3.05) is 0 Å². The molecule has 3 nitrogen and oxygen atoms in total. The summed E-state index contributed by atoms with van der Waals surface area (Å²) in [7, 11) is 0. The minimum atomic E-state index is 0.774. The van der Waals surface area contributed by atoms with Crippen LogP contribution < -0.4 is 0 Å². The monoisotopic (exact) mass is 225 g/mol. The van der Waals surface area contributed by atoms with Crippen molar-refractivity contribution in [1.82, 2.24) is 14.4 Å². The van der Waals surface area contributed by atoms with E-state index >= 15 is 0 Å². The summed E-state index contributed by atoms with van der Waals surface area (Å²) in [5, 5.41) is 3.25. The molecule has 0 atom stereocenters. The zero-order chi connectivity index (χ0) is 10.5. The van der Waals surface area contributed by atoms with Gasteiger partial charge in [0.05, 0.1) is 11.0 Å². The van der Waals surface area contributed by atoms with Gasteiger partial charge >= 0.3 is 0 Å². The average Bonchev–Trinajstić information content (AvgIpc) is 2.91. The first kappa shape index (κ1) is 8.24. The Bertz CT molecular complexity index is 813. The average molecular weight is 225 g/mol. The van der Waals surface area contributed by atoms with E-state index in [9.17, 15) is 0 Å². The van der Waals surface area contributed by atoms with Gasteiger partial charge in [0, 0.05) is 11.6 Å². The van der Waals surface area contributed by atoms with Crippen LogP contribution in [-0.4, -0.2) is 14.4 Å². The first-order valence-corrected chi connectivity index (χ1v) is 5.91. The van der Waals surface area contributed by atoms with E-state index in [-0.39, 0.29) is 0 Å². The maximum atomic E-state index is 4.50. The number of benzene rings is 1. The van der Waals surface area contributed by atoms with Gasteiger partial charge in [-0.3, -0.25) is 4.40 Å². The maximum absolute atomic E-state index is 4.50. The molecule has 0 radical (unpaired) electrons. The van der Waals surface area contributed by atoms with Crippen LogP contribution in [0.1, 0.15) is 0 Å². The Balaban J connectivity index is 2.42. The molecular weight excluding hydrogens is 218 g/mol. The van der Waals surface area contributed by atoms with Crippen LogP contribution in [-0.2, 0) is 0 Å². The summed E-state index contributed by atoms with van der Waals surface area (Å²) < 4.78 is 2.12. The third-order valence-electron chi connectivity index (χ3n) is 2.74. The number of rotatable bonds is 0. The van der Waals surface area contributed by atoms with Crippen molar-refractivity contribution in [2.24, 2.45) is 0 Å². The van der Waals surface area contributed by atoms with Crippen LogP contribution in [0.25, 0.3) is 27.0 Å². The number of hydrogen-bond donors (Lipinski definition) is 0. The summed E-state index contributed by atoms with van der Waals surface area (Å²) in [5.41, 5.74) is 2.12. The molecule has 76 valence electrons. The van der Waals surface area contributed by atoms with Gasteiger partial charge in [-0.25, -0.2) is 9.97 Å². The predicted molar refractivity (Wildman–Crippen MR) is 65.9 cm³/mol.